The molecule has 0 radical (unpaired) electrons. The van der Waals surface area contributed by atoms with Gasteiger partial charge in [0.15, 0.2) is 0 Å². The number of halogens is 1. The summed E-state index contributed by atoms with van der Waals surface area (Å²) in [7, 11) is 0. The Balaban J connectivity index is 1.99. The number of nitrogens with one attached hydrogen (secondary N) is 1. The number of para-hydroxylation sites is 1. The van der Waals surface area contributed by atoms with E-state index in [2.05, 4.69) is 5.32 Å². The fraction of sp³-hybridized carbons (Fsp3) is 0.259. The van der Waals surface area contributed by atoms with Crippen molar-refractivity contribution >= 4 is 17.5 Å². The Kier molecular flexibility index (Phi) is 9.06. The second-order valence-corrected chi connectivity index (χ2v) is 8.21. The number of hydrogen-bond donors (Lipinski definition) is 1. The van der Waals surface area contributed by atoms with E-state index in [9.17, 15) is 24.1 Å². The van der Waals surface area contributed by atoms with Crippen molar-refractivity contribution in [2.24, 2.45) is 0 Å². The minimum absolute atomic E-state index is 0.0524. The van der Waals surface area contributed by atoms with Gasteiger partial charge < -0.3 is 10.2 Å². The maximum atomic E-state index is 13.6. The van der Waals surface area contributed by atoms with Crippen molar-refractivity contribution in [3.63, 3.8) is 0 Å². The number of nitrogens with zero attached hydrogens (tertiary/aromatic N) is 2. The van der Waals surface area contributed by atoms with E-state index in [0.717, 1.165) is 12.0 Å². The summed E-state index contributed by atoms with van der Waals surface area (Å²) in [6.45, 7) is 2.44. The molecular formula is C27H28FN3O4. The highest BCUT2D eigenvalue weighted by molar-refractivity contribution is 5.89. The van der Waals surface area contributed by atoms with Gasteiger partial charge in [0.05, 0.1) is 11.3 Å². The van der Waals surface area contributed by atoms with E-state index in [1.165, 1.54) is 29.2 Å². The highest BCUT2D eigenvalue weighted by atomic mass is 19.1. The van der Waals surface area contributed by atoms with Crippen LogP contribution in [0.2, 0.25) is 0 Å². The molecule has 182 valence electrons. The van der Waals surface area contributed by atoms with Crippen LogP contribution in [0.3, 0.4) is 0 Å². The number of carbonyl (C=O) groups excluding carboxylic acids is 2. The topological polar surface area (TPSA) is 92.6 Å². The first-order chi connectivity index (χ1) is 16.9. The van der Waals surface area contributed by atoms with Gasteiger partial charge in [0, 0.05) is 31.1 Å². The molecule has 3 aromatic carbocycles. The van der Waals surface area contributed by atoms with Crippen molar-refractivity contribution in [2.45, 2.75) is 38.8 Å². The molecular weight excluding hydrogens is 449 g/mol. The van der Waals surface area contributed by atoms with Crippen LogP contribution in [-0.2, 0) is 29.0 Å². The Morgan fingerprint density at radius 2 is 1.63 bits per heavy atom. The molecule has 7 nitrogen and oxygen atoms in total. The molecule has 35 heavy (non-hydrogen) atoms. The summed E-state index contributed by atoms with van der Waals surface area (Å²) < 4.78 is 13.5. The molecule has 1 N–H and O–H groups in total. The molecule has 0 spiro atoms. The number of hydrogen-bond acceptors (Lipinski definition) is 4. The molecule has 0 bridgehead atoms. The number of nitro groups is 1. The molecule has 1 atom stereocenters. The number of nitro benzene ring substituents is 1. The van der Waals surface area contributed by atoms with E-state index in [1.54, 1.807) is 24.3 Å². The molecule has 0 saturated heterocycles. The van der Waals surface area contributed by atoms with Gasteiger partial charge in [-0.2, -0.15) is 0 Å². The summed E-state index contributed by atoms with van der Waals surface area (Å²) in [4.78, 5) is 39.3. The van der Waals surface area contributed by atoms with Crippen molar-refractivity contribution in [2.75, 3.05) is 6.54 Å². The third kappa shape index (κ3) is 7.20. The van der Waals surface area contributed by atoms with Gasteiger partial charge in [-0.05, 0) is 29.7 Å². The second kappa shape index (κ2) is 12.4. The fourth-order valence-electron chi connectivity index (χ4n) is 3.81. The highest BCUT2D eigenvalue weighted by Crippen LogP contribution is 2.21. The van der Waals surface area contributed by atoms with E-state index >= 15 is 0 Å². The Morgan fingerprint density at radius 1 is 0.971 bits per heavy atom. The van der Waals surface area contributed by atoms with E-state index < -0.39 is 22.7 Å². The van der Waals surface area contributed by atoms with Crippen molar-refractivity contribution in [3.05, 3.63) is 111 Å². The van der Waals surface area contributed by atoms with E-state index in [-0.39, 0.29) is 36.5 Å². The highest BCUT2D eigenvalue weighted by Gasteiger charge is 2.31. The zero-order valence-corrected chi connectivity index (χ0v) is 19.5. The van der Waals surface area contributed by atoms with Crippen molar-refractivity contribution in [1.29, 1.82) is 0 Å². The van der Waals surface area contributed by atoms with Gasteiger partial charge in [-0.15, -0.1) is 0 Å². The Morgan fingerprint density at radius 3 is 2.29 bits per heavy atom. The quantitative estimate of drug-likeness (QED) is 0.326. The molecule has 0 aromatic heterocycles. The van der Waals surface area contributed by atoms with Crippen LogP contribution in [0.5, 0.6) is 0 Å². The molecule has 0 unspecified atom stereocenters. The van der Waals surface area contributed by atoms with Crippen molar-refractivity contribution in [3.8, 4) is 0 Å². The number of rotatable bonds is 11. The average Bonchev–Trinajstić information content (AvgIpc) is 2.86. The first-order valence-electron chi connectivity index (χ1n) is 11.5. The molecule has 0 aliphatic carbocycles. The van der Waals surface area contributed by atoms with Crippen LogP contribution in [0.4, 0.5) is 10.1 Å². The zero-order chi connectivity index (χ0) is 25.2. The average molecular weight is 478 g/mol. The van der Waals surface area contributed by atoms with Crippen LogP contribution in [0.15, 0.2) is 78.9 Å². The summed E-state index contributed by atoms with van der Waals surface area (Å²) in [5.74, 6) is -1.15. The maximum absolute atomic E-state index is 13.6. The summed E-state index contributed by atoms with van der Waals surface area (Å²) in [5, 5.41) is 14.4. The normalized spacial score (nSPS) is 11.5. The lowest BCUT2D eigenvalue weighted by Crippen LogP contribution is -2.51. The van der Waals surface area contributed by atoms with Crippen LogP contribution in [0.1, 0.15) is 30.0 Å². The third-order valence-corrected chi connectivity index (χ3v) is 5.62. The second-order valence-electron chi connectivity index (χ2n) is 8.21. The molecule has 0 saturated carbocycles. The summed E-state index contributed by atoms with van der Waals surface area (Å²) in [6.07, 6.45) is 0.747. The van der Waals surface area contributed by atoms with E-state index in [4.69, 9.17) is 0 Å². The summed E-state index contributed by atoms with van der Waals surface area (Å²) in [6, 6.07) is 20.2. The molecule has 2 amide bonds. The summed E-state index contributed by atoms with van der Waals surface area (Å²) >= 11 is 0. The van der Waals surface area contributed by atoms with E-state index in [1.807, 2.05) is 37.3 Å². The molecule has 0 aliphatic rings. The van der Waals surface area contributed by atoms with Crippen LogP contribution in [0, 0.1) is 15.9 Å². The lowest BCUT2D eigenvalue weighted by molar-refractivity contribution is -0.385. The Labute approximate surface area is 203 Å². The van der Waals surface area contributed by atoms with Gasteiger partial charge in [0.25, 0.3) is 5.69 Å². The van der Waals surface area contributed by atoms with Gasteiger partial charge in [-0.3, -0.25) is 19.7 Å². The monoisotopic (exact) mass is 477 g/mol. The zero-order valence-electron chi connectivity index (χ0n) is 19.5. The smallest absolute Gasteiger partial charge is 0.273 e. The molecule has 3 rings (SSSR count). The predicted octanol–water partition coefficient (Wildman–Crippen LogP) is 4.44. The van der Waals surface area contributed by atoms with Gasteiger partial charge in [0.2, 0.25) is 11.8 Å². The molecule has 0 fully saturated rings. The predicted molar refractivity (Wildman–Crippen MR) is 131 cm³/mol. The maximum Gasteiger partial charge on any atom is 0.273 e. The number of amides is 2. The SMILES string of the molecule is CCCNC(=O)[C@H](Cc1ccccc1)N(Cc1ccc(F)cc1)C(=O)Cc1ccccc1[N+](=O)[O-]. The minimum Gasteiger partial charge on any atom is -0.354 e. The Hall–Kier alpha value is -4.07. The number of benzene rings is 3. The first kappa shape index (κ1) is 25.6. The Bertz CT molecular complexity index is 1150. The van der Waals surface area contributed by atoms with Crippen LogP contribution >= 0.6 is 0 Å². The lowest BCUT2D eigenvalue weighted by Gasteiger charge is -2.31. The van der Waals surface area contributed by atoms with Crippen molar-refractivity contribution < 1.29 is 18.9 Å². The largest absolute Gasteiger partial charge is 0.354 e. The van der Waals surface area contributed by atoms with Gasteiger partial charge >= 0.3 is 0 Å². The van der Waals surface area contributed by atoms with Gasteiger partial charge in [0.1, 0.15) is 11.9 Å². The molecule has 0 heterocycles. The van der Waals surface area contributed by atoms with Crippen molar-refractivity contribution in [1.82, 2.24) is 10.2 Å². The standard InChI is InChI=1S/C27H28FN3O4/c1-2-16-29-27(33)25(17-20-8-4-3-5-9-20)30(19-21-12-14-23(28)15-13-21)26(32)18-22-10-6-7-11-24(22)31(34)35/h3-15,25H,2,16-19H2,1H3,(H,29,33)/t25-/m0/s1. The van der Waals surface area contributed by atoms with Gasteiger partial charge in [-0.25, -0.2) is 4.39 Å². The van der Waals surface area contributed by atoms with Gasteiger partial charge in [-0.1, -0.05) is 67.6 Å². The molecule has 8 heteroatoms. The van der Waals surface area contributed by atoms with Crippen LogP contribution < -0.4 is 5.32 Å². The molecule has 3 aromatic rings. The first-order valence-corrected chi connectivity index (χ1v) is 11.5. The van der Waals surface area contributed by atoms with Crippen LogP contribution in [-0.4, -0.2) is 34.2 Å². The minimum atomic E-state index is -0.857. The summed E-state index contributed by atoms with van der Waals surface area (Å²) in [5.41, 5.74) is 1.62. The molecule has 0 aliphatic heterocycles. The van der Waals surface area contributed by atoms with E-state index in [0.29, 0.717) is 12.1 Å². The van der Waals surface area contributed by atoms with Crippen LogP contribution in [0.25, 0.3) is 0 Å². The third-order valence-electron chi connectivity index (χ3n) is 5.62. The fourth-order valence-corrected chi connectivity index (χ4v) is 3.81. The lowest BCUT2D eigenvalue weighted by atomic mass is 10.0. The number of carbonyl (C=O) groups is 2.